The molecule has 0 amide bonds. The van der Waals surface area contributed by atoms with Gasteiger partial charge in [-0.3, -0.25) is 0 Å². The Labute approximate surface area is 124 Å². The standard InChI is InChI=1S/C16H9ClN2S/c17-16-15-14(18-9-19-16)13(8-20-15)12-6-5-10-3-1-2-4-11(10)7-12/h1-9H. The van der Waals surface area contributed by atoms with Crippen LogP contribution in [-0.2, 0) is 0 Å². The van der Waals surface area contributed by atoms with Gasteiger partial charge < -0.3 is 0 Å². The summed E-state index contributed by atoms with van der Waals surface area (Å²) in [5, 5.41) is 5.08. The van der Waals surface area contributed by atoms with Crippen LogP contribution in [0.25, 0.3) is 32.1 Å². The average Bonchev–Trinajstić information content (AvgIpc) is 2.92. The fourth-order valence-corrected chi connectivity index (χ4v) is 3.56. The van der Waals surface area contributed by atoms with Crippen molar-refractivity contribution in [3.05, 3.63) is 59.3 Å². The molecule has 0 atom stereocenters. The van der Waals surface area contributed by atoms with Gasteiger partial charge in [-0.1, -0.05) is 48.0 Å². The number of nitrogens with zero attached hydrogens (tertiary/aromatic N) is 2. The lowest BCUT2D eigenvalue weighted by Gasteiger charge is -2.02. The summed E-state index contributed by atoms with van der Waals surface area (Å²) in [6.45, 7) is 0. The molecule has 2 heterocycles. The smallest absolute Gasteiger partial charge is 0.150 e. The van der Waals surface area contributed by atoms with Crippen molar-refractivity contribution in [2.45, 2.75) is 0 Å². The summed E-state index contributed by atoms with van der Waals surface area (Å²) in [5.74, 6) is 0. The van der Waals surface area contributed by atoms with Crippen molar-refractivity contribution in [3.63, 3.8) is 0 Å². The summed E-state index contributed by atoms with van der Waals surface area (Å²) in [6.07, 6.45) is 1.52. The van der Waals surface area contributed by atoms with E-state index < -0.39 is 0 Å². The van der Waals surface area contributed by atoms with Crippen LogP contribution < -0.4 is 0 Å². The second kappa shape index (κ2) is 4.54. The van der Waals surface area contributed by atoms with Crippen molar-refractivity contribution >= 4 is 43.9 Å². The molecule has 4 heteroatoms. The molecule has 0 N–H and O–H groups in total. The van der Waals surface area contributed by atoms with E-state index in [1.807, 2.05) is 0 Å². The molecule has 4 rings (SSSR count). The lowest BCUT2D eigenvalue weighted by atomic mass is 10.0. The highest BCUT2D eigenvalue weighted by Crippen LogP contribution is 2.36. The number of rotatable bonds is 1. The van der Waals surface area contributed by atoms with E-state index in [-0.39, 0.29) is 0 Å². The van der Waals surface area contributed by atoms with Gasteiger partial charge in [-0.2, -0.15) is 0 Å². The van der Waals surface area contributed by atoms with Gasteiger partial charge in [0.1, 0.15) is 11.5 Å². The Kier molecular flexibility index (Phi) is 2.69. The van der Waals surface area contributed by atoms with E-state index >= 15 is 0 Å². The third-order valence-corrected chi connectivity index (χ3v) is 4.75. The summed E-state index contributed by atoms with van der Waals surface area (Å²) in [7, 11) is 0. The monoisotopic (exact) mass is 296 g/mol. The van der Waals surface area contributed by atoms with Crippen molar-refractivity contribution in [2.75, 3.05) is 0 Å². The SMILES string of the molecule is Clc1ncnc2c(-c3ccc4ccccc4c3)csc12. The zero-order valence-corrected chi connectivity index (χ0v) is 11.9. The van der Waals surface area contributed by atoms with E-state index in [0.717, 1.165) is 21.3 Å². The van der Waals surface area contributed by atoms with Crippen LogP contribution in [0.3, 0.4) is 0 Å². The Morgan fingerprint density at radius 3 is 2.70 bits per heavy atom. The molecule has 0 spiro atoms. The van der Waals surface area contributed by atoms with Gasteiger partial charge in [-0.05, 0) is 22.4 Å². The Morgan fingerprint density at radius 2 is 1.80 bits per heavy atom. The zero-order valence-electron chi connectivity index (χ0n) is 10.4. The third-order valence-electron chi connectivity index (χ3n) is 3.37. The summed E-state index contributed by atoms with van der Waals surface area (Å²) in [4.78, 5) is 8.40. The van der Waals surface area contributed by atoms with Crippen molar-refractivity contribution in [1.29, 1.82) is 0 Å². The number of fused-ring (bicyclic) bond motifs is 2. The van der Waals surface area contributed by atoms with Gasteiger partial charge in [0.2, 0.25) is 0 Å². The number of aromatic nitrogens is 2. The number of hydrogen-bond donors (Lipinski definition) is 0. The molecule has 0 aliphatic carbocycles. The van der Waals surface area contributed by atoms with Crippen LogP contribution in [0, 0.1) is 0 Å². The molecule has 0 radical (unpaired) electrons. The molecule has 0 bridgehead atoms. The maximum absolute atomic E-state index is 6.11. The highest BCUT2D eigenvalue weighted by Gasteiger charge is 2.11. The zero-order chi connectivity index (χ0) is 13.5. The topological polar surface area (TPSA) is 25.8 Å². The summed E-state index contributed by atoms with van der Waals surface area (Å²) in [5.41, 5.74) is 3.19. The van der Waals surface area contributed by atoms with Crippen molar-refractivity contribution < 1.29 is 0 Å². The molecule has 2 aromatic heterocycles. The Bertz CT molecular complexity index is 930. The lowest BCUT2D eigenvalue weighted by molar-refractivity contribution is 1.23. The van der Waals surface area contributed by atoms with E-state index in [2.05, 4.69) is 57.8 Å². The predicted molar refractivity (Wildman–Crippen MR) is 85.4 cm³/mol. The highest BCUT2D eigenvalue weighted by molar-refractivity contribution is 7.18. The Morgan fingerprint density at radius 1 is 0.950 bits per heavy atom. The first-order chi connectivity index (χ1) is 9.83. The normalized spacial score (nSPS) is 11.2. The van der Waals surface area contributed by atoms with Crippen LogP contribution in [0.2, 0.25) is 5.15 Å². The van der Waals surface area contributed by atoms with E-state index in [1.54, 1.807) is 11.3 Å². The Hall–Kier alpha value is -1.97. The van der Waals surface area contributed by atoms with Crippen LogP contribution in [0.4, 0.5) is 0 Å². The molecule has 0 unspecified atom stereocenters. The minimum absolute atomic E-state index is 0.520. The fourth-order valence-electron chi connectivity index (χ4n) is 2.38. The number of thiophene rings is 1. The molecule has 0 aliphatic rings. The van der Waals surface area contributed by atoms with Crippen molar-refractivity contribution in [3.8, 4) is 11.1 Å². The minimum Gasteiger partial charge on any atom is -0.235 e. The van der Waals surface area contributed by atoms with Gasteiger partial charge >= 0.3 is 0 Å². The largest absolute Gasteiger partial charge is 0.235 e. The van der Waals surface area contributed by atoms with Gasteiger partial charge in [0, 0.05) is 10.9 Å². The first kappa shape index (κ1) is 11.8. The predicted octanol–water partition coefficient (Wildman–Crippen LogP) is 5.16. The summed E-state index contributed by atoms with van der Waals surface area (Å²) >= 11 is 7.70. The van der Waals surface area contributed by atoms with Crippen molar-refractivity contribution in [2.24, 2.45) is 0 Å². The molecular formula is C16H9ClN2S. The fraction of sp³-hybridized carbons (Fsp3) is 0. The molecule has 20 heavy (non-hydrogen) atoms. The second-order valence-electron chi connectivity index (χ2n) is 4.55. The minimum atomic E-state index is 0.520. The van der Waals surface area contributed by atoms with Crippen LogP contribution in [-0.4, -0.2) is 9.97 Å². The molecule has 0 fully saturated rings. The third kappa shape index (κ3) is 1.79. The molecular weight excluding hydrogens is 288 g/mol. The molecule has 4 aromatic rings. The van der Waals surface area contributed by atoms with Gasteiger partial charge in [0.25, 0.3) is 0 Å². The maximum atomic E-state index is 6.11. The Balaban J connectivity index is 1.99. The van der Waals surface area contributed by atoms with Gasteiger partial charge in [0.15, 0.2) is 0 Å². The average molecular weight is 297 g/mol. The van der Waals surface area contributed by atoms with Gasteiger partial charge in [-0.25, -0.2) is 9.97 Å². The maximum Gasteiger partial charge on any atom is 0.150 e. The second-order valence-corrected chi connectivity index (χ2v) is 5.79. The summed E-state index contributed by atoms with van der Waals surface area (Å²) in [6, 6.07) is 14.8. The number of hydrogen-bond acceptors (Lipinski definition) is 3. The molecule has 2 nitrogen and oxygen atoms in total. The van der Waals surface area contributed by atoms with E-state index in [9.17, 15) is 0 Å². The first-order valence-electron chi connectivity index (χ1n) is 6.20. The number of benzene rings is 2. The quantitative estimate of drug-likeness (QED) is 0.453. The van der Waals surface area contributed by atoms with Crippen LogP contribution >= 0.6 is 22.9 Å². The van der Waals surface area contributed by atoms with Gasteiger partial charge in [0.05, 0.1) is 10.2 Å². The first-order valence-corrected chi connectivity index (χ1v) is 7.45. The molecule has 0 saturated heterocycles. The molecule has 96 valence electrons. The van der Waals surface area contributed by atoms with Crippen LogP contribution in [0.15, 0.2) is 54.2 Å². The van der Waals surface area contributed by atoms with E-state index in [0.29, 0.717) is 5.15 Å². The molecule has 0 aliphatic heterocycles. The van der Waals surface area contributed by atoms with Gasteiger partial charge in [-0.15, -0.1) is 11.3 Å². The van der Waals surface area contributed by atoms with Crippen molar-refractivity contribution in [1.82, 2.24) is 9.97 Å². The van der Waals surface area contributed by atoms with Crippen LogP contribution in [0.1, 0.15) is 0 Å². The van der Waals surface area contributed by atoms with Crippen LogP contribution in [0.5, 0.6) is 0 Å². The van der Waals surface area contributed by atoms with E-state index in [4.69, 9.17) is 11.6 Å². The molecule has 0 saturated carbocycles. The highest BCUT2D eigenvalue weighted by atomic mass is 35.5. The lowest BCUT2D eigenvalue weighted by Crippen LogP contribution is -1.82. The van der Waals surface area contributed by atoms with E-state index in [1.165, 1.54) is 17.1 Å². The molecule has 2 aromatic carbocycles. The summed E-state index contributed by atoms with van der Waals surface area (Å²) < 4.78 is 0.942. The number of halogens is 1.